The van der Waals surface area contributed by atoms with Crippen molar-refractivity contribution in [2.24, 2.45) is 5.92 Å². The van der Waals surface area contributed by atoms with E-state index in [1.54, 1.807) is 24.3 Å². The zero-order chi connectivity index (χ0) is 23.4. The van der Waals surface area contributed by atoms with Crippen LogP contribution in [0.25, 0.3) is 10.9 Å². The monoisotopic (exact) mass is 485 g/mol. The zero-order valence-electron chi connectivity index (χ0n) is 19.5. The minimum Gasteiger partial charge on any atom is -0.508 e. The van der Waals surface area contributed by atoms with Crippen LogP contribution in [0, 0.1) is 5.92 Å². The van der Waals surface area contributed by atoms with Crippen molar-refractivity contribution in [2.45, 2.75) is 32.7 Å². The Morgan fingerprint density at radius 2 is 1.76 bits per heavy atom. The number of phenolic OH excluding ortho intramolecular Hbond substituents is 1. The van der Waals surface area contributed by atoms with E-state index in [9.17, 15) is 14.7 Å². The molecule has 0 bridgehead atoms. The normalized spacial score (nSPS) is 14.7. The van der Waals surface area contributed by atoms with Gasteiger partial charge in [0, 0.05) is 23.7 Å². The average molecular weight is 486 g/mol. The summed E-state index contributed by atoms with van der Waals surface area (Å²) in [7, 11) is 0. The lowest BCUT2D eigenvalue weighted by atomic mass is 9.96. The molecular weight excluding hydrogens is 454 g/mol. The number of hydrogen-bond donors (Lipinski definition) is 3. The van der Waals surface area contributed by atoms with Crippen LogP contribution < -0.4 is 10.6 Å². The molecule has 0 aliphatic carbocycles. The molecule has 34 heavy (non-hydrogen) atoms. The zero-order valence-corrected chi connectivity index (χ0v) is 20.3. The van der Waals surface area contributed by atoms with Crippen LogP contribution in [-0.4, -0.2) is 57.8 Å². The van der Waals surface area contributed by atoms with E-state index in [1.807, 2.05) is 28.9 Å². The number of aromatic hydroxyl groups is 1. The van der Waals surface area contributed by atoms with E-state index in [4.69, 9.17) is 0 Å². The lowest BCUT2D eigenvalue weighted by Gasteiger charge is -2.31. The van der Waals surface area contributed by atoms with E-state index in [2.05, 4.69) is 34.5 Å². The highest BCUT2D eigenvalue weighted by atomic mass is 35.5. The quantitative estimate of drug-likeness (QED) is 0.442. The molecule has 2 aromatic carbocycles. The largest absolute Gasteiger partial charge is 0.508 e. The summed E-state index contributed by atoms with van der Waals surface area (Å²) in [5.41, 5.74) is 2.11. The highest BCUT2D eigenvalue weighted by Gasteiger charge is 2.23. The number of rotatable bonds is 7. The predicted octanol–water partition coefficient (Wildman–Crippen LogP) is 3.83. The van der Waals surface area contributed by atoms with Crippen molar-refractivity contribution in [3.05, 3.63) is 54.2 Å². The van der Waals surface area contributed by atoms with E-state index in [1.165, 1.54) is 0 Å². The first-order valence-corrected chi connectivity index (χ1v) is 11.5. The number of carbonyl (C=O) groups excluding carboxylic acids is 2. The first kappa shape index (κ1) is 25.5. The van der Waals surface area contributed by atoms with Crippen LogP contribution in [0.4, 0.5) is 5.69 Å². The van der Waals surface area contributed by atoms with Crippen molar-refractivity contribution in [3.63, 3.8) is 0 Å². The third-order valence-electron chi connectivity index (χ3n) is 6.09. The molecular formula is C25H32ClN5O3. The number of nitrogens with zero attached hydrogens (tertiary/aromatic N) is 3. The number of para-hydroxylation sites is 1. The Labute approximate surface area is 205 Å². The van der Waals surface area contributed by atoms with E-state index in [0.29, 0.717) is 30.4 Å². The molecule has 1 aliphatic heterocycles. The van der Waals surface area contributed by atoms with Gasteiger partial charge in [0.1, 0.15) is 5.75 Å². The number of amides is 2. The second-order valence-electron chi connectivity index (χ2n) is 8.93. The lowest BCUT2D eigenvalue weighted by molar-refractivity contribution is -0.117. The molecule has 4 rings (SSSR count). The minimum atomic E-state index is -0.138. The third kappa shape index (κ3) is 6.07. The molecule has 0 unspecified atom stereocenters. The van der Waals surface area contributed by atoms with Crippen molar-refractivity contribution in [3.8, 4) is 5.75 Å². The number of nitrogens with one attached hydrogen (secondary N) is 2. The highest BCUT2D eigenvalue weighted by Crippen LogP contribution is 2.22. The second-order valence-corrected chi connectivity index (χ2v) is 8.93. The van der Waals surface area contributed by atoms with Gasteiger partial charge in [-0.05, 0) is 76.0 Å². The number of anilines is 1. The van der Waals surface area contributed by atoms with Gasteiger partial charge < -0.3 is 15.7 Å². The van der Waals surface area contributed by atoms with Gasteiger partial charge in [-0.2, -0.15) is 5.10 Å². The summed E-state index contributed by atoms with van der Waals surface area (Å²) in [5.74, 6) is 0.341. The Balaban J connectivity index is 0.00000324. The Morgan fingerprint density at radius 1 is 1.09 bits per heavy atom. The maximum absolute atomic E-state index is 12.9. The summed E-state index contributed by atoms with van der Waals surface area (Å²) in [5, 5.41) is 20.7. The first-order valence-electron chi connectivity index (χ1n) is 11.5. The molecule has 0 spiro atoms. The summed E-state index contributed by atoms with van der Waals surface area (Å²) in [6.07, 6.45) is 1.85. The van der Waals surface area contributed by atoms with Gasteiger partial charge in [0.05, 0.1) is 12.1 Å². The van der Waals surface area contributed by atoms with Crippen molar-refractivity contribution in [1.82, 2.24) is 20.0 Å². The number of carbonyl (C=O) groups is 2. The molecule has 1 fully saturated rings. The SMILES string of the molecule is CC(C)n1nc(C(=O)NCC2CCN(CC(=O)Nc3ccc(O)cc3)CC2)c2ccccc21.Cl. The predicted molar refractivity (Wildman–Crippen MR) is 136 cm³/mol. The molecule has 1 aliphatic rings. The number of fused-ring (bicyclic) bond motifs is 1. The Kier molecular flexibility index (Phi) is 8.52. The smallest absolute Gasteiger partial charge is 0.272 e. The number of phenols is 1. The van der Waals surface area contributed by atoms with Crippen LogP contribution in [0.15, 0.2) is 48.5 Å². The van der Waals surface area contributed by atoms with Crippen molar-refractivity contribution in [2.75, 3.05) is 31.5 Å². The van der Waals surface area contributed by atoms with Crippen LogP contribution in [0.3, 0.4) is 0 Å². The minimum absolute atomic E-state index is 0. The molecule has 182 valence electrons. The number of benzene rings is 2. The number of likely N-dealkylation sites (tertiary alicyclic amines) is 1. The molecule has 1 saturated heterocycles. The summed E-state index contributed by atoms with van der Waals surface area (Å²) in [4.78, 5) is 27.3. The van der Waals surface area contributed by atoms with Crippen molar-refractivity contribution in [1.29, 1.82) is 0 Å². The number of aromatic nitrogens is 2. The Hall–Kier alpha value is -3.10. The van der Waals surface area contributed by atoms with Gasteiger partial charge in [0.15, 0.2) is 5.69 Å². The van der Waals surface area contributed by atoms with Gasteiger partial charge in [-0.3, -0.25) is 19.2 Å². The number of halogens is 1. The van der Waals surface area contributed by atoms with Crippen molar-refractivity contribution < 1.29 is 14.7 Å². The topological polar surface area (TPSA) is 99.5 Å². The molecule has 1 aromatic heterocycles. The molecule has 9 heteroatoms. The van der Waals surface area contributed by atoms with Gasteiger partial charge in [0.2, 0.25) is 5.91 Å². The van der Waals surface area contributed by atoms with Gasteiger partial charge in [-0.15, -0.1) is 12.4 Å². The first-order chi connectivity index (χ1) is 15.9. The Bertz CT molecular complexity index is 1120. The van der Waals surface area contributed by atoms with Gasteiger partial charge >= 0.3 is 0 Å². The molecule has 2 amide bonds. The fourth-order valence-corrected chi connectivity index (χ4v) is 4.27. The molecule has 0 saturated carbocycles. The highest BCUT2D eigenvalue weighted by molar-refractivity contribution is 6.04. The average Bonchev–Trinajstić information content (AvgIpc) is 3.20. The van der Waals surface area contributed by atoms with Gasteiger partial charge in [-0.25, -0.2) is 0 Å². The van der Waals surface area contributed by atoms with Gasteiger partial charge in [-0.1, -0.05) is 18.2 Å². The van der Waals surface area contributed by atoms with E-state index in [-0.39, 0.29) is 36.0 Å². The van der Waals surface area contributed by atoms with Crippen LogP contribution >= 0.6 is 12.4 Å². The maximum atomic E-state index is 12.9. The summed E-state index contributed by atoms with van der Waals surface area (Å²) in [6.45, 7) is 6.68. The van der Waals surface area contributed by atoms with E-state index in [0.717, 1.165) is 36.8 Å². The fourth-order valence-electron chi connectivity index (χ4n) is 4.27. The summed E-state index contributed by atoms with van der Waals surface area (Å²) in [6, 6.07) is 14.4. The van der Waals surface area contributed by atoms with Crippen LogP contribution in [0.5, 0.6) is 5.75 Å². The maximum Gasteiger partial charge on any atom is 0.272 e. The molecule has 8 nitrogen and oxygen atoms in total. The Morgan fingerprint density at radius 3 is 2.44 bits per heavy atom. The molecule has 0 radical (unpaired) electrons. The second kappa shape index (κ2) is 11.4. The van der Waals surface area contributed by atoms with Crippen molar-refractivity contribution >= 4 is 40.8 Å². The lowest BCUT2D eigenvalue weighted by Crippen LogP contribution is -2.42. The van der Waals surface area contributed by atoms with Crippen LogP contribution in [0.2, 0.25) is 0 Å². The summed E-state index contributed by atoms with van der Waals surface area (Å²) >= 11 is 0. The van der Waals surface area contributed by atoms with E-state index < -0.39 is 0 Å². The third-order valence-corrected chi connectivity index (χ3v) is 6.09. The number of hydrogen-bond acceptors (Lipinski definition) is 5. The van der Waals surface area contributed by atoms with E-state index >= 15 is 0 Å². The number of piperidine rings is 1. The molecule has 2 heterocycles. The molecule has 3 N–H and O–H groups in total. The van der Waals surface area contributed by atoms with Crippen LogP contribution in [0.1, 0.15) is 43.2 Å². The molecule has 3 aromatic rings. The summed E-state index contributed by atoms with van der Waals surface area (Å²) < 4.78 is 1.89. The fraction of sp³-hybridized carbons (Fsp3) is 0.400. The molecule has 0 atom stereocenters. The van der Waals surface area contributed by atoms with Gasteiger partial charge in [0.25, 0.3) is 5.91 Å². The van der Waals surface area contributed by atoms with Crippen LogP contribution in [-0.2, 0) is 4.79 Å². The standard InChI is InChI=1S/C25H31N5O3.ClH/c1-17(2)30-22-6-4-3-5-21(22)24(28-30)25(33)26-15-18-11-13-29(14-12-18)16-23(32)27-19-7-9-20(31)10-8-19;/h3-10,17-18,31H,11-16H2,1-2H3,(H,26,33)(H,27,32);1H.